The maximum Gasteiger partial charge on any atom is 0.573 e. The van der Waals surface area contributed by atoms with E-state index in [9.17, 15) is 27.2 Å². The molecular formula is C23H27F4N7O3. The largest absolute Gasteiger partial charge is 0.573 e. The summed E-state index contributed by atoms with van der Waals surface area (Å²) < 4.78 is 56.2. The van der Waals surface area contributed by atoms with Crippen molar-refractivity contribution in [2.75, 3.05) is 0 Å². The number of carbonyl (C=O) groups is 2. The average molecular weight is 526 g/mol. The molecule has 0 saturated heterocycles. The second-order valence-electron chi connectivity index (χ2n) is 8.43. The number of amides is 2. The fraction of sp³-hybridized carbons (Fsp3) is 0.391. The van der Waals surface area contributed by atoms with Crippen LogP contribution in [0.3, 0.4) is 0 Å². The predicted molar refractivity (Wildman–Crippen MR) is 124 cm³/mol. The molecule has 1 fully saturated rings. The van der Waals surface area contributed by atoms with E-state index >= 15 is 0 Å². The van der Waals surface area contributed by atoms with Gasteiger partial charge in [0.25, 0.3) is 5.91 Å². The third-order valence-electron chi connectivity index (χ3n) is 5.26. The van der Waals surface area contributed by atoms with Crippen molar-refractivity contribution in [1.29, 1.82) is 0 Å². The summed E-state index contributed by atoms with van der Waals surface area (Å²) >= 11 is 0. The average Bonchev–Trinajstić information content (AvgIpc) is 3.58. The van der Waals surface area contributed by atoms with Gasteiger partial charge in [-0.2, -0.15) is 0 Å². The molecule has 37 heavy (non-hydrogen) atoms. The van der Waals surface area contributed by atoms with E-state index in [1.54, 1.807) is 12.2 Å². The van der Waals surface area contributed by atoms with Gasteiger partial charge in [0.15, 0.2) is 5.69 Å². The molecule has 1 aromatic heterocycles. The summed E-state index contributed by atoms with van der Waals surface area (Å²) in [6, 6.07) is 2.51. The van der Waals surface area contributed by atoms with E-state index in [0.717, 1.165) is 31.0 Å². The lowest BCUT2D eigenvalue weighted by Crippen LogP contribution is -2.28. The number of aromatic nitrogens is 3. The minimum absolute atomic E-state index is 0.0311. The van der Waals surface area contributed by atoms with E-state index in [1.165, 1.54) is 10.9 Å². The molecule has 2 amide bonds. The van der Waals surface area contributed by atoms with Crippen LogP contribution in [-0.4, -0.2) is 33.2 Å². The molecule has 14 heteroatoms. The van der Waals surface area contributed by atoms with Gasteiger partial charge in [-0.25, -0.2) is 4.39 Å². The minimum atomic E-state index is -4.92. The van der Waals surface area contributed by atoms with Crippen molar-refractivity contribution in [2.24, 2.45) is 17.4 Å². The fourth-order valence-corrected chi connectivity index (χ4v) is 3.18. The SMILES string of the molecule is N/C(=C\C=C(/N)NC(=O)C1CC1)CCCCn1cc(C(=O)NCc2cc(OC(F)(F)F)ccc2F)nn1. The number of aryl methyl sites for hydroxylation is 1. The third kappa shape index (κ3) is 9.46. The van der Waals surface area contributed by atoms with Gasteiger partial charge in [-0.15, -0.1) is 18.3 Å². The number of nitrogens with zero attached hydrogens (tertiary/aromatic N) is 3. The second kappa shape index (κ2) is 12.2. The molecule has 200 valence electrons. The molecular weight excluding hydrogens is 498 g/mol. The van der Waals surface area contributed by atoms with Crippen LogP contribution in [0.5, 0.6) is 5.75 Å². The van der Waals surface area contributed by atoms with Crippen LogP contribution in [0.4, 0.5) is 17.6 Å². The van der Waals surface area contributed by atoms with Gasteiger partial charge < -0.3 is 26.8 Å². The number of hydrogen-bond acceptors (Lipinski definition) is 7. The Morgan fingerprint density at radius 3 is 2.65 bits per heavy atom. The third-order valence-corrected chi connectivity index (χ3v) is 5.26. The first kappa shape index (κ1) is 27.5. The van der Waals surface area contributed by atoms with E-state index in [0.29, 0.717) is 31.5 Å². The highest BCUT2D eigenvalue weighted by Gasteiger charge is 2.31. The Balaban J connectivity index is 1.40. The highest BCUT2D eigenvalue weighted by atomic mass is 19.4. The van der Waals surface area contributed by atoms with Crippen LogP contribution in [0.15, 0.2) is 48.1 Å². The maximum atomic E-state index is 13.9. The van der Waals surface area contributed by atoms with Crippen LogP contribution in [0.2, 0.25) is 0 Å². The van der Waals surface area contributed by atoms with Crippen molar-refractivity contribution in [3.05, 3.63) is 65.1 Å². The van der Waals surface area contributed by atoms with Crippen molar-refractivity contribution in [1.82, 2.24) is 25.6 Å². The van der Waals surface area contributed by atoms with Crippen LogP contribution >= 0.6 is 0 Å². The summed E-state index contributed by atoms with van der Waals surface area (Å²) in [5.41, 5.74) is 12.1. The standard InChI is InChI=1S/C23H27F4N7O3/c24-18-8-7-17(37-23(25,26)27)11-15(18)12-30-22(36)19-13-34(33-32-19)10-2-1-3-16(28)6-9-20(29)31-21(35)14-4-5-14/h6-9,11,13-14H,1-5,10,12,28-29H2,(H,30,36)(H,31,35)/b16-6-,20-9+. The number of nitrogens with one attached hydrogen (secondary N) is 2. The molecule has 1 heterocycles. The zero-order valence-corrected chi connectivity index (χ0v) is 19.7. The van der Waals surface area contributed by atoms with Crippen LogP contribution in [0.1, 0.15) is 48.2 Å². The highest BCUT2D eigenvalue weighted by molar-refractivity contribution is 5.91. The lowest BCUT2D eigenvalue weighted by Gasteiger charge is -2.11. The lowest BCUT2D eigenvalue weighted by atomic mass is 10.2. The van der Waals surface area contributed by atoms with Crippen molar-refractivity contribution in [3.63, 3.8) is 0 Å². The first-order valence-electron chi connectivity index (χ1n) is 11.5. The number of allylic oxidation sites excluding steroid dienone is 3. The van der Waals surface area contributed by atoms with E-state index in [4.69, 9.17) is 11.5 Å². The number of alkyl halides is 3. The van der Waals surface area contributed by atoms with Gasteiger partial charge in [0.2, 0.25) is 5.91 Å². The number of rotatable bonds is 12. The summed E-state index contributed by atoms with van der Waals surface area (Å²) in [5.74, 6) is -1.86. The number of benzene rings is 1. The topological polar surface area (TPSA) is 150 Å². The van der Waals surface area contributed by atoms with Gasteiger partial charge in [-0.3, -0.25) is 14.3 Å². The molecule has 10 nitrogen and oxygen atoms in total. The number of carbonyl (C=O) groups excluding carboxylic acids is 2. The fourth-order valence-electron chi connectivity index (χ4n) is 3.18. The van der Waals surface area contributed by atoms with Crippen LogP contribution < -0.4 is 26.8 Å². The molecule has 2 aromatic rings. The van der Waals surface area contributed by atoms with Crippen LogP contribution in [-0.2, 0) is 17.9 Å². The molecule has 1 saturated carbocycles. The Labute approximate surface area is 209 Å². The number of ether oxygens (including phenoxy) is 1. The summed E-state index contributed by atoms with van der Waals surface area (Å²) in [6.45, 7) is 0.0792. The quantitative estimate of drug-likeness (QED) is 0.189. The number of unbranched alkanes of at least 4 members (excludes halogenated alkanes) is 1. The van der Waals surface area contributed by atoms with Crippen molar-refractivity contribution in [3.8, 4) is 5.75 Å². The molecule has 1 aliphatic rings. The smallest absolute Gasteiger partial charge is 0.406 e. The Morgan fingerprint density at radius 1 is 1.19 bits per heavy atom. The van der Waals surface area contributed by atoms with E-state index in [2.05, 4.69) is 25.7 Å². The van der Waals surface area contributed by atoms with Gasteiger partial charge in [0.05, 0.1) is 6.20 Å². The molecule has 1 aromatic carbocycles. The maximum absolute atomic E-state index is 13.9. The predicted octanol–water partition coefficient (Wildman–Crippen LogP) is 2.58. The van der Waals surface area contributed by atoms with Crippen molar-refractivity contribution >= 4 is 11.8 Å². The molecule has 0 bridgehead atoms. The molecule has 0 spiro atoms. The number of hydrogen-bond donors (Lipinski definition) is 4. The first-order chi connectivity index (χ1) is 17.5. The molecule has 6 N–H and O–H groups in total. The number of nitrogens with two attached hydrogens (primary N) is 2. The van der Waals surface area contributed by atoms with Crippen molar-refractivity contribution in [2.45, 2.75) is 51.6 Å². The zero-order chi connectivity index (χ0) is 27.0. The summed E-state index contributed by atoms with van der Waals surface area (Å²) in [4.78, 5) is 23.9. The van der Waals surface area contributed by atoms with E-state index < -0.39 is 23.8 Å². The molecule has 0 atom stereocenters. The van der Waals surface area contributed by atoms with E-state index in [-0.39, 0.29) is 35.4 Å². The summed E-state index contributed by atoms with van der Waals surface area (Å²) in [7, 11) is 0. The van der Waals surface area contributed by atoms with Gasteiger partial charge >= 0.3 is 6.36 Å². The monoisotopic (exact) mass is 525 g/mol. The van der Waals surface area contributed by atoms with Gasteiger partial charge in [0.1, 0.15) is 17.4 Å². The van der Waals surface area contributed by atoms with Gasteiger partial charge in [-0.1, -0.05) is 5.21 Å². The minimum Gasteiger partial charge on any atom is -0.406 e. The Kier molecular flexibility index (Phi) is 9.09. The Hall–Kier alpha value is -4.10. The second-order valence-corrected chi connectivity index (χ2v) is 8.43. The molecule has 1 aliphatic carbocycles. The number of halogens is 4. The zero-order valence-electron chi connectivity index (χ0n) is 19.7. The lowest BCUT2D eigenvalue weighted by molar-refractivity contribution is -0.274. The Morgan fingerprint density at radius 2 is 1.95 bits per heavy atom. The summed E-state index contributed by atoms with van der Waals surface area (Å²) in [6.07, 6.45) is 3.39. The summed E-state index contributed by atoms with van der Waals surface area (Å²) in [5, 5.41) is 12.6. The molecule has 0 aliphatic heterocycles. The molecule has 3 rings (SSSR count). The van der Waals surface area contributed by atoms with E-state index in [1.807, 2.05) is 0 Å². The van der Waals surface area contributed by atoms with Crippen molar-refractivity contribution < 1.29 is 31.9 Å². The van der Waals surface area contributed by atoms with Crippen LogP contribution in [0.25, 0.3) is 0 Å². The Bertz CT molecular complexity index is 1170. The van der Waals surface area contributed by atoms with Gasteiger partial charge in [0, 0.05) is 30.3 Å². The van der Waals surface area contributed by atoms with Crippen LogP contribution in [0, 0.1) is 11.7 Å². The molecule has 0 unspecified atom stereocenters. The first-order valence-corrected chi connectivity index (χ1v) is 11.5. The van der Waals surface area contributed by atoms with Gasteiger partial charge in [-0.05, 0) is 62.5 Å². The molecule has 0 radical (unpaired) electrons. The highest BCUT2D eigenvalue weighted by Crippen LogP contribution is 2.28. The normalized spacial score (nSPS) is 14.4.